The van der Waals surface area contributed by atoms with E-state index in [4.69, 9.17) is 9.47 Å². The minimum absolute atomic E-state index is 0.234. The summed E-state index contributed by atoms with van der Waals surface area (Å²) in [6.07, 6.45) is 1.80. The van der Waals surface area contributed by atoms with Gasteiger partial charge in [-0.25, -0.2) is 4.79 Å². The van der Waals surface area contributed by atoms with Crippen LogP contribution in [0.3, 0.4) is 0 Å². The minimum atomic E-state index is -0.423. The molecule has 2 heterocycles. The Kier molecular flexibility index (Phi) is 6.13. The zero-order valence-corrected chi connectivity index (χ0v) is 17.7. The van der Waals surface area contributed by atoms with Crippen molar-refractivity contribution in [1.82, 2.24) is 4.90 Å². The van der Waals surface area contributed by atoms with Gasteiger partial charge in [-0.15, -0.1) is 0 Å². The molecular weight excluding hydrogens is 456 g/mol. The van der Waals surface area contributed by atoms with Crippen molar-refractivity contribution < 1.29 is 19.1 Å². The van der Waals surface area contributed by atoms with Crippen LogP contribution in [0.2, 0.25) is 0 Å². The Morgan fingerprint density at radius 3 is 2.48 bits per heavy atom. The van der Waals surface area contributed by atoms with E-state index in [9.17, 15) is 9.59 Å². The van der Waals surface area contributed by atoms with E-state index in [2.05, 4.69) is 25.8 Å². The molecule has 1 saturated heterocycles. The van der Waals surface area contributed by atoms with E-state index < -0.39 is 5.97 Å². The third-order valence-corrected chi connectivity index (χ3v) is 5.93. The summed E-state index contributed by atoms with van der Waals surface area (Å²) in [5.74, 6) is -0.216. The van der Waals surface area contributed by atoms with Gasteiger partial charge in [-0.2, -0.15) is 4.99 Å². The molecule has 0 unspecified atom stereocenters. The van der Waals surface area contributed by atoms with E-state index >= 15 is 0 Å². The van der Waals surface area contributed by atoms with E-state index in [1.54, 1.807) is 54.6 Å². The largest absolute Gasteiger partial charge is 0.423 e. The number of carbonyl (C=O) groups is 2. The highest BCUT2D eigenvalue weighted by Gasteiger charge is 2.27. The van der Waals surface area contributed by atoms with Crippen LogP contribution < -0.4 is 4.74 Å². The van der Waals surface area contributed by atoms with E-state index in [0.717, 1.165) is 28.3 Å². The van der Waals surface area contributed by atoms with Gasteiger partial charge < -0.3 is 14.4 Å². The number of amides is 1. The number of aliphatic imine (C=N–C) groups is 1. The highest BCUT2D eigenvalue weighted by molar-refractivity contribution is 9.10. The molecule has 148 valence electrons. The molecule has 0 radical (unpaired) electrons. The molecule has 4 rings (SSSR count). The number of hydrogen-bond acceptors (Lipinski definition) is 6. The fraction of sp³-hybridized carbons (Fsp3) is 0.190. The van der Waals surface area contributed by atoms with Gasteiger partial charge in [-0.1, -0.05) is 28.1 Å². The first-order valence-electron chi connectivity index (χ1n) is 9.01. The maximum atomic E-state index is 12.2. The van der Waals surface area contributed by atoms with Gasteiger partial charge in [0.1, 0.15) is 5.75 Å². The molecule has 1 fully saturated rings. The molecule has 2 aliphatic rings. The fourth-order valence-electron chi connectivity index (χ4n) is 2.82. The molecule has 0 N–H and O–H groups in total. The third-order valence-electron chi connectivity index (χ3n) is 4.36. The fourth-order valence-corrected chi connectivity index (χ4v) is 4.05. The summed E-state index contributed by atoms with van der Waals surface area (Å²) in [5.41, 5.74) is 1.31. The summed E-state index contributed by atoms with van der Waals surface area (Å²) in [7, 11) is 0. The number of morpholine rings is 1. The van der Waals surface area contributed by atoms with Crippen molar-refractivity contribution in [1.29, 1.82) is 0 Å². The van der Waals surface area contributed by atoms with Crippen molar-refractivity contribution >= 4 is 50.8 Å². The smallest absolute Gasteiger partial charge is 0.343 e. The Hall–Kier alpha value is -2.42. The molecule has 6 nitrogen and oxygen atoms in total. The quantitative estimate of drug-likeness (QED) is 0.382. The van der Waals surface area contributed by atoms with Crippen molar-refractivity contribution in [2.45, 2.75) is 0 Å². The van der Waals surface area contributed by atoms with Crippen LogP contribution in [0.4, 0.5) is 0 Å². The normalized spacial score (nSPS) is 18.1. The predicted molar refractivity (Wildman–Crippen MR) is 116 cm³/mol. The molecule has 29 heavy (non-hydrogen) atoms. The van der Waals surface area contributed by atoms with Gasteiger partial charge in [0, 0.05) is 17.6 Å². The second kappa shape index (κ2) is 8.94. The summed E-state index contributed by atoms with van der Waals surface area (Å²) >= 11 is 4.71. The highest BCUT2D eigenvalue weighted by atomic mass is 79.9. The second-order valence-corrected chi connectivity index (χ2v) is 8.30. The summed E-state index contributed by atoms with van der Waals surface area (Å²) in [4.78, 5) is 31.2. The molecule has 2 aromatic rings. The molecule has 0 aliphatic carbocycles. The van der Waals surface area contributed by atoms with Crippen molar-refractivity contribution in [3.05, 3.63) is 69.0 Å². The number of thioether (sulfide) groups is 1. The summed E-state index contributed by atoms with van der Waals surface area (Å²) in [5, 5.41) is 0.726. The number of halogens is 1. The first-order chi connectivity index (χ1) is 14.1. The maximum Gasteiger partial charge on any atom is 0.343 e. The first kappa shape index (κ1) is 19.9. The minimum Gasteiger partial charge on any atom is -0.423 e. The van der Waals surface area contributed by atoms with Crippen LogP contribution in [-0.4, -0.2) is 48.2 Å². The number of rotatable bonds is 3. The zero-order valence-electron chi connectivity index (χ0n) is 15.3. The lowest BCUT2D eigenvalue weighted by atomic mass is 10.2. The molecule has 1 amide bonds. The lowest BCUT2D eigenvalue weighted by molar-refractivity contribution is -0.113. The Labute approximate surface area is 180 Å². The summed E-state index contributed by atoms with van der Waals surface area (Å²) < 4.78 is 11.6. The van der Waals surface area contributed by atoms with Gasteiger partial charge in [0.2, 0.25) is 0 Å². The van der Waals surface area contributed by atoms with Crippen LogP contribution in [0.1, 0.15) is 15.9 Å². The van der Waals surface area contributed by atoms with E-state index in [0.29, 0.717) is 29.4 Å². The van der Waals surface area contributed by atoms with Crippen molar-refractivity contribution in [2.75, 3.05) is 26.3 Å². The lowest BCUT2D eigenvalue weighted by Gasteiger charge is -2.27. The second-order valence-electron chi connectivity index (χ2n) is 6.38. The highest BCUT2D eigenvalue weighted by Crippen LogP contribution is 2.31. The molecule has 0 atom stereocenters. The summed E-state index contributed by atoms with van der Waals surface area (Å²) in [6.45, 7) is 2.77. The monoisotopic (exact) mass is 472 g/mol. The third kappa shape index (κ3) is 4.95. The molecule has 0 aromatic heterocycles. The van der Waals surface area contributed by atoms with Crippen LogP contribution in [0, 0.1) is 0 Å². The number of esters is 1. The maximum absolute atomic E-state index is 12.2. The molecule has 2 aliphatic heterocycles. The van der Waals surface area contributed by atoms with Gasteiger partial charge in [-0.05, 0) is 59.8 Å². The topological polar surface area (TPSA) is 68.2 Å². The number of nitrogens with zero attached hydrogens (tertiary/aromatic N) is 2. The number of carbonyl (C=O) groups excluding carboxylic acids is 2. The van der Waals surface area contributed by atoms with Crippen LogP contribution in [0.25, 0.3) is 6.08 Å². The molecule has 2 aromatic carbocycles. The van der Waals surface area contributed by atoms with Crippen molar-refractivity contribution in [3.63, 3.8) is 0 Å². The number of benzene rings is 2. The average Bonchev–Trinajstić information content (AvgIpc) is 3.11. The SMILES string of the molecule is O=C1N=C(N2CCOCC2)S/C1=C\c1ccc(OC(=O)c2ccc(Br)cc2)cc1. The van der Waals surface area contributed by atoms with Gasteiger partial charge in [0.05, 0.1) is 23.7 Å². The number of ether oxygens (including phenoxy) is 2. The summed E-state index contributed by atoms with van der Waals surface area (Å²) in [6, 6.07) is 14.0. The van der Waals surface area contributed by atoms with Crippen LogP contribution >= 0.6 is 27.7 Å². The van der Waals surface area contributed by atoms with Crippen molar-refractivity contribution in [3.8, 4) is 5.75 Å². The van der Waals surface area contributed by atoms with Gasteiger partial charge >= 0.3 is 5.97 Å². The molecule has 0 saturated carbocycles. The number of amidine groups is 1. The molecular formula is C21H17BrN2O4S. The van der Waals surface area contributed by atoms with Gasteiger partial charge in [0.15, 0.2) is 5.17 Å². The molecule has 0 bridgehead atoms. The Balaban J connectivity index is 1.40. The van der Waals surface area contributed by atoms with Gasteiger partial charge in [0.25, 0.3) is 5.91 Å². The van der Waals surface area contributed by atoms with Crippen LogP contribution in [0.15, 0.2) is 62.9 Å². The van der Waals surface area contributed by atoms with Crippen LogP contribution in [-0.2, 0) is 9.53 Å². The Morgan fingerprint density at radius 2 is 1.79 bits per heavy atom. The predicted octanol–water partition coefficient (Wildman–Crippen LogP) is 3.97. The Bertz CT molecular complexity index is 981. The van der Waals surface area contributed by atoms with E-state index in [1.807, 2.05) is 0 Å². The lowest BCUT2D eigenvalue weighted by Crippen LogP contribution is -2.38. The first-order valence-corrected chi connectivity index (χ1v) is 10.6. The number of hydrogen-bond donors (Lipinski definition) is 0. The molecule has 0 spiro atoms. The standard InChI is InChI=1S/C21H17BrN2O4S/c22-16-5-3-15(4-6-16)20(26)28-17-7-1-14(2-8-17)13-18-19(25)23-21(29-18)24-9-11-27-12-10-24/h1-8,13H,9-12H2/b18-13-. The average molecular weight is 473 g/mol. The Morgan fingerprint density at radius 1 is 1.10 bits per heavy atom. The molecule has 8 heteroatoms. The van der Waals surface area contributed by atoms with Crippen LogP contribution in [0.5, 0.6) is 5.75 Å². The van der Waals surface area contributed by atoms with Gasteiger partial charge in [-0.3, -0.25) is 4.79 Å². The van der Waals surface area contributed by atoms with E-state index in [1.165, 1.54) is 11.8 Å². The van der Waals surface area contributed by atoms with Crippen molar-refractivity contribution in [2.24, 2.45) is 4.99 Å². The zero-order chi connectivity index (χ0) is 20.2. The van der Waals surface area contributed by atoms with E-state index in [-0.39, 0.29) is 5.91 Å².